The third kappa shape index (κ3) is 15.8. The van der Waals surface area contributed by atoms with Gasteiger partial charge in [-0.3, -0.25) is 0 Å². The van der Waals surface area contributed by atoms with Gasteiger partial charge >= 0.3 is 24.1 Å². The van der Waals surface area contributed by atoms with E-state index in [9.17, 15) is 24.3 Å². The molecule has 1 N–H and O–H groups in total. The Morgan fingerprint density at radius 3 is 1.32 bits per heavy atom. The molecule has 14 heteroatoms. The van der Waals surface area contributed by atoms with Gasteiger partial charge in [0.15, 0.2) is 0 Å². The Labute approximate surface area is 411 Å². The van der Waals surface area contributed by atoms with Crippen LogP contribution < -0.4 is 9.80 Å². The minimum atomic E-state index is -0.934. The maximum atomic E-state index is 12.6. The van der Waals surface area contributed by atoms with Crippen LogP contribution in [0.25, 0.3) is 0 Å². The van der Waals surface area contributed by atoms with Crippen molar-refractivity contribution in [3.63, 3.8) is 0 Å². The summed E-state index contributed by atoms with van der Waals surface area (Å²) in [5, 5.41) is 9.82. The molecular formula is C55H78N4O10. The number of carbonyl (C=O) groups excluding carboxylic acids is 3. The lowest BCUT2D eigenvalue weighted by Crippen LogP contribution is -2.41. The average molecular weight is 955 g/mol. The number of carboxylic acids is 1. The highest BCUT2D eigenvalue weighted by molar-refractivity contribution is 5.94. The van der Waals surface area contributed by atoms with Gasteiger partial charge in [0, 0.05) is 112 Å². The van der Waals surface area contributed by atoms with Crippen molar-refractivity contribution in [2.75, 3.05) is 82.6 Å². The maximum absolute atomic E-state index is 12.6. The Hall–Kier alpha value is -5.44. The number of carbonyl (C=O) groups is 4. The Morgan fingerprint density at radius 2 is 0.986 bits per heavy atom. The largest absolute Gasteiger partial charge is 0.478 e. The summed E-state index contributed by atoms with van der Waals surface area (Å²) in [6.07, 6.45) is 6.42. The van der Waals surface area contributed by atoms with Crippen LogP contribution in [0.4, 0.5) is 21.0 Å². The number of esters is 1. The molecule has 0 radical (unpaired) electrons. The number of hydrogen-bond acceptors (Lipinski definition) is 11. The first-order chi connectivity index (χ1) is 32.7. The monoisotopic (exact) mass is 955 g/mol. The second kappa shape index (κ2) is 24.9. The molecule has 0 aliphatic carbocycles. The van der Waals surface area contributed by atoms with Crippen molar-refractivity contribution < 1.29 is 48.0 Å². The van der Waals surface area contributed by atoms with E-state index in [1.165, 1.54) is 7.11 Å². The lowest BCUT2D eigenvalue weighted by molar-refractivity contribution is 0.0189. The summed E-state index contributed by atoms with van der Waals surface area (Å²) in [6.45, 7) is 26.4. The molecule has 0 saturated carbocycles. The number of aromatic carboxylic acids is 1. The Morgan fingerprint density at radius 1 is 0.623 bits per heavy atom. The molecule has 2 aromatic rings. The number of piperidine rings is 2. The van der Waals surface area contributed by atoms with Gasteiger partial charge in [0.2, 0.25) is 0 Å². The first kappa shape index (κ1) is 54.5. The van der Waals surface area contributed by atoms with E-state index >= 15 is 0 Å². The van der Waals surface area contributed by atoms with Crippen LogP contribution in [0, 0.1) is 49.4 Å². The van der Waals surface area contributed by atoms with Crippen LogP contribution in [0.1, 0.15) is 150 Å². The van der Waals surface area contributed by atoms with Crippen molar-refractivity contribution in [1.29, 1.82) is 0 Å². The minimum Gasteiger partial charge on any atom is -0.478 e. The van der Waals surface area contributed by atoms with Crippen LogP contribution >= 0.6 is 0 Å². The van der Waals surface area contributed by atoms with Crippen molar-refractivity contribution in [2.24, 2.45) is 11.8 Å². The standard InChI is InChI=1S/C28H40N2O5.C27H38N2O5/c1-7-30(23-12-16-34-17-13-23)25-19-22(18-24(20(25)2)26(31)33-6)9-8-21-10-14-29(15-11-21)27(32)35-28(3,4)5;1-6-29(22-11-15-33-16-12-22)24-18-21(17-23(19(24)2)25(30)31)8-7-20-9-13-28(14-10-20)26(32)34-27(3,4)5/h18-19,21,23H,7,10-17H2,1-6H3;17-18,20,22H,6,9-16H2,1-5H3,(H,30,31). The van der Waals surface area contributed by atoms with Crippen molar-refractivity contribution in [1.82, 2.24) is 9.80 Å². The molecule has 0 unspecified atom stereocenters. The average Bonchev–Trinajstić information content (AvgIpc) is 3.32. The molecule has 69 heavy (non-hydrogen) atoms. The fourth-order valence-corrected chi connectivity index (χ4v) is 9.36. The molecule has 4 fully saturated rings. The SMILES string of the molecule is CCN(c1cc(C#CC2CCN(C(=O)OC(C)(C)C)CC2)cc(C(=O)O)c1C)C1CCOCC1.CCN(c1cc(C#CC2CCN(C(=O)OC(C)(C)C)CC2)cc(C(=O)OC)c1C)C1CCOCC1. The summed E-state index contributed by atoms with van der Waals surface area (Å²) in [7, 11) is 1.41. The number of carboxylic acid groups (broad SMARTS) is 1. The number of rotatable bonds is 8. The molecule has 4 saturated heterocycles. The van der Waals surface area contributed by atoms with E-state index in [2.05, 4.69) is 53.4 Å². The third-order valence-electron chi connectivity index (χ3n) is 13.1. The molecule has 0 spiro atoms. The molecule has 2 aromatic carbocycles. The van der Waals surface area contributed by atoms with Gasteiger partial charge in [-0.15, -0.1) is 0 Å². The van der Waals surface area contributed by atoms with Crippen molar-refractivity contribution in [3.8, 4) is 23.7 Å². The minimum absolute atomic E-state index is 0.162. The topological polar surface area (TPSA) is 148 Å². The summed E-state index contributed by atoms with van der Waals surface area (Å²) in [5.74, 6) is 12.4. The molecule has 14 nitrogen and oxygen atoms in total. The summed E-state index contributed by atoms with van der Waals surface area (Å²) < 4.78 is 27.1. The Kier molecular flexibility index (Phi) is 19.7. The molecular weight excluding hydrogens is 877 g/mol. The van der Waals surface area contributed by atoms with E-state index < -0.39 is 17.2 Å². The van der Waals surface area contributed by atoms with Gasteiger partial charge in [0.1, 0.15) is 11.2 Å². The van der Waals surface area contributed by atoms with Crippen molar-refractivity contribution in [2.45, 2.75) is 144 Å². The van der Waals surface area contributed by atoms with Crippen LogP contribution in [-0.4, -0.2) is 135 Å². The molecule has 0 atom stereocenters. The van der Waals surface area contributed by atoms with Gasteiger partial charge in [-0.2, -0.15) is 0 Å². The van der Waals surface area contributed by atoms with E-state index in [4.69, 9.17) is 23.7 Å². The Bertz CT molecular complexity index is 2210. The number of ether oxygens (including phenoxy) is 5. The first-order valence-corrected chi connectivity index (χ1v) is 25.0. The first-order valence-electron chi connectivity index (χ1n) is 25.0. The number of likely N-dealkylation sites (tertiary alicyclic amines) is 2. The second-order valence-electron chi connectivity index (χ2n) is 20.4. The molecule has 0 bridgehead atoms. The highest BCUT2D eigenvalue weighted by Gasteiger charge is 2.30. The van der Waals surface area contributed by atoms with E-state index in [1.54, 1.807) is 15.9 Å². The number of anilines is 2. The summed E-state index contributed by atoms with van der Waals surface area (Å²) in [6, 6.07) is 8.36. The van der Waals surface area contributed by atoms with Crippen LogP contribution in [0.3, 0.4) is 0 Å². The predicted molar refractivity (Wildman–Crippen MR) is 269 cm³/mol. The summed E-state index contributed by atoms with van der Waals surface area (Å²) in [4.78, 5) is 57.3. The molecule has 4 aliphatic rings. The molecule has 4 aliphatic heterocycles. The lowest BCUT2D eigenvalue weighted by atomic mass is 9.96. The maximum Gasteiger partial charge on any atom is 0.410 e. The van der Waals surface area contributed by atoms with Gasteiger partial charge in [-0.25, -0.2) is 19.2 Å². The Balaban J connectivity index is 0.000000258. The van der Waals surface area contributed by atoms with Gasteiger partial charge < -0.3 is 48.4 Å². The zero-order chi connectivity index (χ0) is 50.5. The van der Waals surface area contributed by atoms with Crippen LogP contribution in [0.15, 0.2) is 24.3 Å². The normalized spacial score (nSPS) is 17.5. The second-order valence-corrected chi connectivity index (χ2v) is 20.4. The quantitative estimate of drug-likeness (QED) is 0.153. The smallest absolute Gasteiger partial charge is 0.410 e. The van der Waals surface area contributed by atoms with Crippen molar-refractivity contribution >= 4 is 35.5 Å². The molecule has 6 rings (SSSR count). The summed E-state index contributed by atoms with van der Waals surface area (Å²) >= 11 is 0. The van der Waals surface area contributed by atoms with Gasteiger partial charge in [-0.1, -0.05) is 23.7 Å². The summed E-state index contributed by atoms with van der Waals surface area (Å²) in [5.41, 5.74) is 5.06. The van der Waals surface area contributed by atoms with Gasteiger partial charge in [0.05, 0.1) is 18.2 Å². The highest BCUT2D eigenvalue weighted by Crippen LogP contribution is 2.32. The number of amides is 2. The van der Waals surface area contributed by atoms with Crippen molar-refractivity contribution in [3.05, 3.63) is 57.6 Å². The van der Waals surface area contributed by atoms with Crippen LogP contribution in [0.5, 0.6) is 0 Å². The number of nitrogens with zero attached hydrogens (tertiary/aromatic N) is 4. The van der Waals surface area contributed by atoms with Crippen LogP contribution in [-0.2, 0) is 23.7 Å². The molecule has 2 amide bonds. The fourth-order valence-electron chi connectivity index (χ4n) is 9.36. The van der Waals surface area contributed by atoms with E-state index in [-0.39, 0.29) is 30.0 Å². The number of hydrogen-bond donors (Lipinski definition) is 1. The van der Waals surface area contributed by atoms with Crippen LogP contribution in [0.2, 0.25) is 0 Å². The zero-order valence-corrected chi connectivity index (χ0v) is 43.3. The van der Waals surface area contributed by atoms with E-state index in [1.807, 2.05) is 67.5 Å². The molecule has 0 aromatic heterocycles. The van der Waals surface area contributed by atoms with Gasteiger partial charge in [-0.05, 0) is 156 Å². The zero-order valence-electron chi connectivity index (χ0n) is 43.3. The molecule has 4 heterocycles. The van der Waals surface area contributed by atoms with E-state index in [0.717, 1.165) is 125 Å². The third-order valence-corrected chi connectivity index (χ3v) is 13.1. The molecule has 378 valence electrons. The fraction of sp³-hybridized carbons (Fsp3) is 0.636. The van der Waals surface area contributed by atoms with E-state index in [0.29, 0.717) is 49.4 Å². The predicted octanol–water partition coefficient (Wildman–Crippen LogP) is 9.48. The highest BCUT2D eigenvalue weighted by atomic mass is 16.6. The van der Waals surface area contributed by atoms with Gasteiger partial charge in [0.25, 0.3) is 0 Å². The number of benzene rings is 2. The number of methoxy groups -OCH3 is 1. The lowest BCUT2D eigenvalue weighted by Gasteiger charge is -2.36.